The van der Waals surface area contributed by atoms with Gasteiger partial charge in [-0.1, -0.05) is 0 Å². The Labute approximate surface area is 164 Å². The molecule has 1 rings (SSSR count). The topological polar surface area (TPSA) is 266 Å². The van der Waals surface area contributed by atoms with E-state index < -0.39 is 86.2 Å². The minimum atomic E-state index is -2.96. The molecular weight excluding hydrogens is 400 g/mol. The van der Waals surface area contributed by atoms with E-state index in [2.05, 4.69) is 0 Å². The molecule has 1 heterocycles. The number of ether oxygens (including phenoxy) is 2. The lowest BCUT2D eigenvalue weighted by Crippen LogP contribution is -2.66. The highest BCUT2D eigenvalue weighted by atomic mass is 16.7. The third-order valence-electron chi connectivity index (χ3n) is 4.57. The summed E-state index contributed by atoms with van der Waals surface area (Å²) in [4.78, 5) is 23.4. The van der Waals surface area contributed by atoms with Crippen LogP contribution in [0.5, 0.6) is 0 Å². The van der Waals surface area contributed by atoms with Gasteiger partial charge in [0, 0.05) is 6.42 Å². The van der Waals surface area contributed by atoms with Gasteiger partial charge in [0.25, 0.3) is 5.79 Å². The van der Waals surface area contributed by atoms with E-state index in [1.807, 2.05) is 0 Å². The molecule has 1 saturated heterocycles. The normalized spacial score (nSPS) is 33.8. The smallest absolute Gasteiger partial charge is 0.367 e. The minimum absolute atomic E-state index is 0.0754. The summed E-state index contributed by atoms with van der Waals surface area (Å²) < 4.78 is 9.83. The third-order valence-corrected chi connectivity index (χ3v) is 4.57. The van der Waals surface area contributed by atoms with Gasteiger partial charge in [-0.3, -0.25) is 0 Å². The molecular formula is C15H28N2O12. The molecule has 0 saturated carbocycles. The van der Waals surface area contributed by atoms with Crippen molar-refractivity contribution in [3.63, 3.8) is 0 Å². The van der Waals surface area contributed by atoms with Crippen LogP contribution in [-0.2, 0) is 19.1 Å². The van der Waals surface area contributed by atoms with Gasteiger partial charge in [0.05, 0.1) is 25.4 Å². The Balaban J connectivity index is 3.08. The fraction of sp³-hybridized carbons (Fsp3) is 0.867. The number of nitrogens with two attached hydrogens (primary N) is 2. The highest BCUT2D eigenvalue weighted by molar-refractivity contribution is 5.78. The van der Waals surface area contributed by atoms with Gasteiger partial charge in [-0.15, -0.1) is 0 Å². The van der Waals surface area contributed by atoms with Crippen molar-refractivity contribution in [2.75, 3.05) is 13.2 Å². The second-order valence-corrected chi connectivity index (χ2v) is 6.78. The Kier molecular flexibility index (Phi) is 9.45. The van der Waals surface area contributed by atoms with Crippen molar-refractivity contribution in [2.45, 2.75) is 67.0 Å². The van der Waals surface area contributed by atoms with E-state index in [1.165, 1.54) is 0 Å². The number of hydrogen-bond donors (Lipinski definition) is 10. The van der Waals surface area contributed by atoms with E-state index >= 15 is 0 Å². The van der Waals surface area contributed by atoms with Gasteiger partial charge < -0.3 is 66.6 Å². The second kappa shape index (κ2) is 10.6. The molecule has 0 aromatic rings. The first kappa shape index (κ1) is 25.7. The number of rotatable bonds is 10. The Morgan fingerprint density at radius 3 is 2.24 bits per heavy atom. The summed E-state index contributed by atoms with van der Waals surface area (Å²) in [5.74, 6) is -4.62. The fourth-order valence-corrected chi connectivity index (χ4v) is 2.74. The van der Waals surface area contributed by atoms with Crippen LogP contribution < -0.4 is 11.5 Å². The summed E-state index contributed by atoms with van der Waals surface area (Å²) in [5, 5.41) is 77.3. The van der Waals surface area contributed by atoms with Crippen LogP contribution in [0.15, 0.2) is 0 Å². The van der Waals surface area contributed by atoms with E-state index in [4.69, 9.17) is 31.2 Å². The molecule has 10 atom stereocenters. The highest BCUT2D eigenvalue weighted by Crippen LogP contribution is 2.31. The van der Waals surface area contributed by atoms with Gasteiger partial charge in [-0.05, 0) is 0 Å². The van der Waals surface area contributed by atoms with E-state index in [9.17, 15) is 40.2 Å². The quantitative estimate of drug-likeness (QED) is 0.114. The average Bonchev–Trinajstić information content (AvgIpc) is 2.71. The van der Waals surface area contributed by atoms with Crippen molar-refractivity contribution in [1.82, 2.24) is 0 Å². The fourth-order valence-electron chi connectivity index (χ4n) is 2.74. The molecule has 14 heteroatoms. The molecule has 170 valence electrons. The molecule has 12 N–H and O–H groups in total. The maximum atomic E-state index is 12.5. The molecule has 0 amide bonds. The maximum Gasteiger partial charge on any atom is 0.367 e. The molecule has 0 bridgehead atoms. The number of aliphatic hydroxyl groups excluding tert-OH is 7. The van der Waals surface area contributed by atoms with Gasteiger partial charge in [-0.2, -0.15) is 0 Å². The molecule has 14 nitrogen and oxygen atoms in total. The maximum absolute atomic E-state index is 12.5. The summed E-state index contributed by atoms with van der Waals surface area (Å²) in [7, 11) is 0. The van der Waals surface area contributed by atoms with Gasteiger partial charge in [0.1, 0.15) is 42.8 Å². The summed E-state index contributed by atoms with van der Waals surface area (Å²) in [6, 6.07) is -3.05. The molecule has 0 aliphatic carbocycles. The van der Waals surface area contributed by atoms with Gasteiger partial charge >= 0.3 is 5.97 Å². The van der Waals surface area contributed by atoms with Crippen LogP contribution in [-0.4, -0.2) is 127 Å². The van der Waals surface area contributed by atoms with Crippen LogP contribution in [0.1, 0.15) is 6.42 Å². The van der Waals surface area contributed by atoms with E-state index in [-0.39, 0.29) is 6.29 Å². The van der Waals surface area contributed by atoms with Crippen molar-refractivity contribution >= 4 is 12.3 Å². The van der Waals surface area contributed by atoms with Crippen LogP contribution in [0.3, 0.4) is 0 Å². The lowest BCUT2D eigenvalue weighted by Gasteiger charge is -2.44. The Bertz CT molecular complexity index is 553. The van der Waals surface area contributed by atoms with Crippen LogP contribution in [0, 0.1) is 0 Å². The van der Waals surface area contributed by atoms with Crippen LogP contribution in [0.4, 0.5) is 0 Å². The first-order valence-corrected chi connectivity index (χ1v) is 8.63. The SMILES string of the molecule is N[C@H]1[C@H]([C@H](O)[C@H](O)CO)O[C@](O)(C(=O)O[C@@H]([C@H](O)[C@H](O)CO)[C@@H](N)C=O)C[C@@H]1O. The molecule has 0 radical (unpaired) electrons. The van der Waals surface area contributed by atoms with E-state index in [1.54, 1.807) is 0 Å². The number of hydrogen-bond acceptors (Lipinski definition) is 14. The zero-order valence-electron chi connectivity index (χ0n) is 15.3. The van der Waals surface area contributed by atoms with Crippen molar-refractivity contribution < 1.29 is 59.9 Å². The summed E-state index contributed by atoms with van der Waals surface area (Å²) >= 11 is 0. The number of carbonyl (C=O) groups is 2. The third kappa shape index (κ3) is 5.87. The molecule has 1 aliphatic rings. The van der Waals surface area contributed by atoms with E-state index in [0.29, 0.717) is 0 Å². The predicted octanol–water partition coefficient (Wildman–Crippen LogP) is -6.98. The van der Waals surface area contributed by atoms with E-state index in [0.717, 1.165) is 0 Å². The number of carbonyl (C=O) groups excluding carboxylic acids is 2. The first-order valence-electron chi connectivity index (χ1n) is 8.63. The zero-order valence-corrected chi connectivity index (χ0v) is 15.3. The molecule has 0 unspecified atom stereocenters. The van der Waals surface area contributed by atoms with Gasteiger partial charge in [-0.25, -0.2) is 4.79 Å². The predicted molar refractivity (Wildman–Crippen MR) is 90.5 cm³/mol. The van der Waals surface area contributed by atoms with Gasteiger partial charge in [0.15, 0.2) is 6.10 Å². The molecule has 0 aromatic carbocycles. The van der Waals surface area contributed by atoms with Crippen LogP contribution in [0.25, 0.3) is 0 Å². The highest BCUT2D eigenvalue weighted by Gasteiger charge is 2.54. The van der Waals surface area contributed by atoms with Crippen molar-refractivity contribution in [1.29, 1.82) is 0 Å². The van der Waals surface area contributed by atoms with Crippen molar-refractivity contribution in [3.05, 3.63) is 0 Å². The van der Waals surface area contributed by atoms with Crippen LogP contribution >= 0.6 is 0 Å². The Hall–Kier alpha value is -1.30. The monoisotopic (exact) mass is 428 g/mol. The van der Waals surface area contributed by atoms with Crippen molar-refractivity contribution in [3.8, 4) is 0 Å². The van der Waals surface area contributed by atoms with Crippen LogP contribution in [0.2, 0.25) is 0 Å². The summed E-state index contributed by atoms with van der Waals surface area (Å²) in [6.45, 7) is -1.89. The molecule has 0 spiro atoms. The number of aldehydes is 1. The van der Waals surface area contributed by atoms with Gasteiger partial charge in [0.2, 0.25) is 0 Å². The molecule has 1 fully saturated rings. The first-order chi connectivity index (χ1) is 13.4. The summed E-state index contributed by atoms with van der Waals surface area (Å²) in [5.41, 5.74) is 11.1. The number of aliphatic hydroxyl groups is 8. The number of esters is 1. The largest absolute Gasteiger partial charge is 0.453 e. The lowest BCUT2D eigenvalue weighted by molar-refractivity contribution is -0.298. The zero-order chi connectivity index (χ0) is 22.5. The standard InChI is InChI=1S/C15H28N2O12/c16-5(2-18)12(10(24)7(22)3-19)28-14(26)15(27)1-6(21)9(17)13(29-15)11(25)8(23)4-20/h2,5-13,19-25,27H,1,3-4,16-17H2/t5-,6-,7+,8+,9+,10+,11+,12+,13+,15-/m0/s1. The Morgan fingerprint density at radius 2 is 1.76 bits per heavy atom. The van der Waals surface area contributed by atoms with Crippen molar-refractivity contribution in [2.24, 2.45) is 11.5 Å². The molecule has 0 aromatic heterocycles. The second-order valence-electron chi connectivity index (χ2n) is 6.78. The molecule has 1 aliphatic heterocycles. The Morgan fingerprint density at radius 1 is 1.21 bits per heavy atom. The minimum Gasteiger partial charge on any atom is -0.453 e. The lowest BCUT2D eigenvalue weighted by atomic mass is 9.89. The average molecular weight is 428 g/mol. The molecule has 29 heavy (non-hydrogen) atoms. The summed E-state index contributed by atoms with van der Waals surface area (Å²) in [6.07, 6.45) is -13.7.